The Morgan fingerprint density at radius 1 is 1.17 bits per heavy atom. The molecule has 0 saturated heterocycles. The van der Waals surface area contributed by atoms with Gasteiger partial charge in [-0.05, 0) is 81.6 Å². The maximum atomic E-state index is 14.0. The summed E-state index contributed by atoms with van der Waals surface area (Å²) in [4.78, 5) is 34.0. The molecule has 0 bridgehead atoms. The number of rotatable bonds is 9. The largest absolute Gasteiger partial charge is 0.477 e. The summed E-state index contributed by atoms with van der Waals surface area (Å²) >= 11 is 1.40. The van der Waals surface area contributed by atoms with Gasteiger partial charge in [-0.25, -0.2) is 14.5 Å². The van der Waals surface area contributed by atoms with E-state index < -0.39 is 5.97 Å². The van der Waals surface area contributed by atoms with Gasteiger partial charge >= 0.3 is 5.97 Å². The summed E-state index contributed by atoms with van der Waals surface area (Å²) in [6.07, 6.45) is 13.8. The number of carboxylic acid groups (broad SMARTS) is 1. The molecule has 1 amide bonds. The molecular weight excluding hydrogens is 472 g/mol. The van der Waals surface area contributed by atoms with Gasteiger partial charge in [0.15, 0.2) is 0 Å². The second kappa shape index (κ2) is 11.4. The Morgan fingerprint density at radius 3 is 2.42 bits per heavy atom. The molecule has 2 saturated carbocycles. The number of aromatic nitrogens is 3. The monoisotopic (exact) mass is 514 g/mol. The molecule has 0 spiro atoms. The van der Waals surface area contributed by atoms with E-state index in [4.69, 9.17) is 0 Å². The van der Waals surface area contributed by atoms with Crippen LogP contribution in [-0.4, -0.2) is 37.8 Å². The Bertz CT molecular complexity index is 1010. The van der Waals surface area contributed by atoms with Crippen LogP contribution in [-0.2, 0) is 4.79 Å². The number of carbonyl (C=O) groups is 2. The van der Waals surface area contributed by atoms with Gasteiger partial charge in [0, 0.05) is 16.8 Å². The van der Waals surface area contributed by atoms with Crippen molar-refractivity contribution < 1.29 is 14.7 Å². The first-order chi connectivity index (χ1) is 17.2. The van der Waals surface area contributed by atoms with Crippen molar-refractivity contribution in [2.24, 2.45) is 11.3 Å². The van der Waals surface area contributed by atoms with Crippen LogP contribution in [0.2, 0.25) is 0 Å². The molecule has 2 aromatic rings. The third-order valence-electron chi connectivity index (χ3n) is 8.49. The average molecular weight is 515 g/mol. The maximum absolute atomic E-state index is 14.0. The van der Waals surface area contributed by atoms with Gasteiger partial charge in [0.05, 0.1) is 11.7 Å². The minimum absolute atomic E-state index is 0.00835. The molecule has 2 aliphatic rings. The standard InChI is InChI=1S/C28H42N4O3S/c1-5-7-19(6-2)26(33)32(22-10-8-21(9-11-22)31-18-29-17-30-31)23-16-24(36-25(23)27(34)35)20-12-14-28(3,4)15-13-20/h16-22H,5-15H2,1-4H3,(H,34,35). The van der Waals surface area contributed by atoms with Crippen LogP contribution < -0.4 is 4.90 Å². The molecule has 1 N–H and O–H groups in total. The number of anilines is 1. The Labute approximate surface area is 219 Å². The van der Waals surface area contributed by atoms with Crippen molar-refractivity contribution >= 4 is 28.9 Å². The Morgan fingerprint density at radius 2 is 1.86 bits per heavy atom. The van der Waals surface area contributed by atoms with E-state index in [1.165, 1.54) is 11.3 Å². The lowest BCUT2D eigenvalue weighted by Crippen LogP contribution is -2.46. The molecule has 198 valence electrons. The molecule has 2 aliphatic carbocycles. The normalized spacial score (nSPS) is 23.3. The SMILES string of the molecule is CCCC(CC)C(=O)N(c1cc(C2CCC(C)(C)CC2)sc1C(=O)O)C1CCC(n2cncn2)CC1. The number of nitrogens with zero attached hydrogens (tertiary/aromatic N) is 4. The highest BCUT2D eigenvalue weighted by atomic mass is 32.1. The molecule has 1 unspecified atom stereocenters. The van der Waals surface area contributed by atoms with Crippen LogP contribution in [0.5, 0.6) is 0 Å². The lowest BCUT2D eigenvalue weighted by atomic mass is 9.73. The van der Waals surface area contributed by atoms with E-state index in [0.29, 0.717) is 21.9 Å². The lowest BCUT2D eigenvalue weighted by molar-refractivity contribution is -0.123. The van der Waals surface area contributed by atoms with Gasteiger partial charge in [0.25, 0.3) is 0 Å². The summed E-state index contributed by atoms with van der Waals surface area (Å²) in [6, 6.07) is 2.35. The molecule has 2 aromatic heterocycles. The summed E-state index contributed by atoms with van der Waals surface area (Å²) in [5.41, 5.74) is 0.988. The number of carboxylic acids is 1. The minimum atomic E-state index is -0.921. The van der Waals surface area contributed by atoms with Crippen molar-refractivity contribution in [2.75, 3.05) is 4.90 Å². The van der Waals surface area contributed by atoms with Crippen molar-refractivity contribution in [1.82, 2.24) is 14.8 Å². The number of hydrogen-bond donors (Lipinski definition) is 1. The maximum Gasteiger partial charge on any atom is 0.348 e. The van der Waals surface area contributed by atoms with Crippen LogP contribution >= 0.6 is 11.3 Å². The average Bonchev–Trinajstić information content (AvgIpc) is 3.54. The van der Waals surface area contributed by atoms with E-state index in [2.05, 4.69) is 43.8 Å². The van der Waals surface area contributed by atoms with Crippen LogP contribution in [0.1, 0.15) is 125 Å². The van der Waals surface area contributed by atoms with Gasteiger partial charge in [0.1, 0.15) is 17.5 Å². The van der Waals surface area contributed by atoms with E-state index in [1.807, 2.05) is 9.58 Å². The first kappa shape index (κ1) is 26.8. The van der Waals surface area contributed by atoms with E-state index in [9.17, 15) is 14.7 Å². The summed E-state index contributed by atoms with van der Waals surface area (Å²) in [6.45, 7) is 8.82. The zero-order valence-corrected chi connectivity index (χ0v) is 23.1. The number of hydrogen-bond acceptors (Lipinski definition) is 5. The van der Waals surface area contributed by atoms with Gasteiger partial charge in [0.2, 0.25) is 5.91 Å². The fourth-order valence-electron chi connectivity index (χ4n) is 6.15. The zero-order valence-electron chi connectivity index (χ0n) is 22.3. The quantitative estimate of drug-likeness (QED) is 0.387. The first-order valence-electron chi connectivity index (χ1n) is 13.8. The summed E-state index contributed by atoms with van der Waals surface area (Å²) in [5, 5.41) is 14.5. The van der Waals surface area contributed by atoms with Crippen molar-refractivity contribution in [3.8, 4) is 0 Å². The molecule has 2 fully saturated rings. The fraction of sp³-hybridized carbons (Fsp3) is 0.714. The highest BCUT2D eigenvalue weighted by Crippen LogP contribution is 2.47. The molecule has 2 heterocycles. The van der Waals surface area contributed by atoms with Crippen LogP contribution in [0.25, 0.3) is 0 Å². The molecule has 4 rings (SSSR count). The predicted molar refractivity (Wildman–Crippen MR) is 144 cm³/mol. The molecular formula is C28H42N4O3S. The van der Waals surface area contributed by atoms with Crippen molar-refractivity contribution in [2.45, 2.75) is 116 Å². The third-order valence-corrected chi connectivity index (χ3v) is 9.76. The van der Waals surface area contributed by atoms with Crippen LogP contribution in [0.4, 0.5) is 5.69 Å². The lowest BCUT2D eigenvalue weighted by Gasteiger charge is -2.38. The fourth-order valence-corrected chi connectivity index (χ4v) is 7.30. The number of carbonyl (C=O) groups excluding carboxylic acids is 1. The summed E-state index contributed by atoms with van der Waals surface area (Å²) in [7, 11) is 0. The Hall–Kier alpha value is -2.22. The highest BCUT2D eigenvalue weighted by molar-refractivity contribution is 7.14. The minimum Gasteiger partial charge on any atom is -0.477 e. The van der Waals surface area contributed by atoms with Crippen molar-refractivity contribution in [3.63, 3.8) is 0 Å². The molecule has 8 heteroatoms. The zero-order chi connectivity index (χ0) is 25.9. The molecule has 0 aliphatic heterocycles. The van der Waals surface area contributed by atoms with E-state index >= 15 is 0 Å². The number of thiophene rings is 1. The van der Waals surface area contributed by atoms with Crippen LogP contribution in [0.15, 0.2) is 18.7 Å². The van der Waals surface area contributed by atoms with E-state index in [-0.39, 0.29) is 23.9 Å². The molecule has 0 radical (unpaired) electrons. The van der Waals surface area contributed by atoms with E-state index in [1.54, 1.807) is 12.7 Å². The van der Waals surface area contributed by atoms with Crippen molar-refractivity contribution in [1.29, 1.82) is 0 Å². The summed E-state index contributed by atoms with van der Waals surface area (Å²) < 4.78 is 1.92. The van der Waals surface area contributed by atoms with Gasteiger partial charge in [-0.1, -0.05) is 34.1 Å². The van der Waals surface area contributed by atoms with Crippen LogP contribution in [0.3, 0.4) is 0 Å². The molecule has 36 heavy (non-hydrogen) atoms. The Balaban J connectivity index is 1.65. The number of aromatic carboxylic acids is 1. The smallest absolute Gasteiger partial charge is 0.348 e. The predicted octanol–water partition coefficient (Wildman–Crippen LogP) is 7.06. The van der Waals surface area contributed by atoms with Gasteiger partial charge in [-0.3, -0.25) is 4.79 Å². The van der Waals surface area contributed by atoms with Crippen molar-refractivity contribution in [3.05, 3.63) is 28.5 Å². The summed E-state index contributed by atoms with van der Waals surface area (Å²) in [5.74, 6) is -0.522. The molecule has 0 aromatic carbocycles. The topological polar surface area (TPSA) is 88.3 Å². The molecule has 7 nitrogen and oxygen atoms in total. The Kier molecular flexibility index (Phi) is 8.53. The van der Waals surface area contributed by atoms with Crippen LogP contribution in [0, 0.1) is 11.3 Å². The number of amides is 1. The third kappa shape index (κ3) is 5.84. The van der Waals surface area contributed by atoms with E-state index in [0.717, 1.165) is 75.5 Å². The molecule has 1 atom stereocenters. The second-order valence-electron chi connectivity index (χ2n) is 11.5. The second-order valence-corrected chi connectivity index (χ2v) is 12.6. The highest BCUT2D eigenvalue weighted by Gasteiger charge is 2.37. The van der Waals surface area contributed by atoms with Gasteiger partial charge in [-0.2, -0.15) is 5.10 Å². The van der Waals surface area contributed by atoms with Gasteiger partial charge in [-0.15, -0.1) is 11.3 Å². The first-order valence-corrected chi connectivity index (χ1v) is 14.6. The van der Waals surface area contributed by atoms with Gasteiger partial charge < -0.3 is 10.0 Å².